The number of aromatic nitrogens is 1. The molecule has 1 aromatic carbocycles. The van der Waals surface area contributed by atoms with Gasteiger partial charge in [0.15, 0.2) is 0 Å². The van der Waals surface area contributed by atoms with Gasteiger partial charge in [0.2, 0.25) is 0 Å². The lowest BCUT2D eigenvalue weighted by atomic mass is 10.2. The molecule has 1 N–H and O–H groups in total. The first-order valence-corrected chi connectivity index (χ1v) is 5.14. The third-order valence-electron chi connectivity index (χ3n) is 2.39. The van der Waals surface area contributed by atoms with Gasteiger partial charge in [0, 0.05) is 16.9 Å². The summed E-state index contributed by atoms with van der Waals surface area (Å²) in [5, 5.41) is 9.66. The highest BCUT2D eigenvalue weighted by Crippen LogP contribution is 2.20. The average molecular weight is 236 g/mol. The van der Waals surface area contributed by atoms with Crippen LogP contribution in [0.2, 0.25) is 5.02 Å². The van der Waals surface area contributed by atoms with Gasteiger partial charge >= 0.3 is 5.97 Å². The van der Waals surface area contributed by atoms with Crippen LogP contribution in [0.15, 0.2) is 36.5 Å². The lowest BCUT2D eigenvalue weighted by molar-refractivity contribution is 0.0688. The normalized spacial score (nSPS) is 10.4. The fourth-order valence-corrected chi connectivity index (χ4v) is 1.88. The zero-order chi connectivity index (χ0) is 11.7. The van der Waals surface area contributed by atoms with Gasteiger partial charge in [-0.25, -0.2) is 4.79 Å². The Hall–Kier alpha value is -1.74. The molecule has 4 heteroatoms. The largest absolute Gasteiger partial charge is 0.477 e. The molecule has 1 aromatic heterocycles. The first-order chi connectivity index (χ1) is 7.59. The molecule has 0 unspecified atom stereocenters. The van der Waals surface area contributed by atoms with Crippen LogP contribution in [-0.2, 0) is 0 Å². The Balaban J connectivity index is 2.59. The molecule has 1 heterocycles. The Labute approximate surface area is 97.9 Å². The molecule has 0 bridgehead atoms. The number of rotatable bonds is 2. The van der Waals surface area contributed by atoms with E-state index in [0.29, 0.717) is 5.02 Å². The number of hydrogen-bond donors (Lipinski definition) is 1. The Morgan fingerprint density at radius 3 is 2.75 bits per heavy atom. The molecule has 0 aliphatic carbocycles. The second-order valence-electron chi connectivity index (χ2n) is 3.50. The van der Waals surface area contributed by atoms with Crippen molar-refractivity contribution >= 4 is 17.6 Å². The number of carboxylic acids is 1. The van der Waals surface area contributed by atoms with Gasteiger partial charge in [-0.1, -0.05) is 11.6 Å². The van der Waals surface area contributed by atoms with Crippen LogP contribution in [-0.4, -0.2) is 15.6 Å². The fraction of sp³-hybridized carbons (Fsp3) is 0.0833. The van der Waals surface area contributed by atoms with Crippen molar-refractivity contribution < 1.29 is 9.90 Å². The van der Waals surface area contributed by atoms with E-state index < -0.39 is 5.97 Å². The maximum Gasteiger partial charge on any atom is 0.352 e. The van der Waals surface area contributed by atoms with E-state index in [9.17, 15) is 4.79 Å². The zero-order valence-electron chi connectivity index (χ0n) is 8.64. The van der Waals surface area contributed by atoms with E-state index in [1.165, 1.54) is 0 Å². The Morgan fingerprint density at radius 2 is 2.12 bits per heavy atom. The number of aryl methyl sites for hydroxylation is 1. The van der Waals surface area contributed by atoms with Gasteiger partial charge in [-0.2, -0.15) is 0 Å². The van der Waals surface area contributed by atoms with Crippen molar-refractivity contribution in [3.8, 4) is 5.69 Å². The summed E-state index contributed by atoms with van der Waals surface area (Å²) in [5.74, 6) is -0.945. The van der Waals surface area contributed by atoms with Crippen molar-refractivity contribution in [3.63, 3.8) is 0 Å². The van der Waals surface area contributed by atoms with E-state index >= 15 is 0 Å². The van der Waals surface area contributed by atoms with Crippen LogP contribution in [0.1, 0.15) is 16.1 Å². The molecule has 0 amide bonds. The summed E-state index contributed by atoms with van der Waals surface area (Å²) in [6.07, 6.45) is 1.72. The van der Waals surface area contributed by atoms with Gasteiger partial charge in [-0.3, -0.25) is 0 Å². The van der Waals surface area contributed by atoms with E-state index in [0.717, 1.165) is 11.3 Å². The van der Waals surface area contributed by atoms with Crippen molar-refractivity contribution in [2.75, 3.05) is 0 Å². The predicted molar refractivity (Wildman–Crippen MR) is 62.5 cm³/mol. The molecule has 0 aliphatic rings. The van der Waals surface area contributed by atoms with Crippen molar-refractivity contribution in [1.82, 2.24) is 4.57 Å². The van der Waals surface area contributed by atoms with Crippen molar-refractivity contribution in [3.05, 3.63) is 52.8 Å². The van der Waals surface area contributed by atoms with E-state index in [-0.39, 0.29) is 5.69 Å². The summed E-state index contributed by atoms with van der Waals surface area (Å²) in [6, 6.07) is 8.63. The second kappa shape index (κ2) is 4.02. The molecular formula is C12H10ClNO2. The zero-order valence-corrected chi connectivity index (χ0v) is 9.40. The molecule has 0 aliphatic heterocycles. The quantitative estimate of drug-likeness (QED) is 0.869. The first kappa shape index (κ1) is 10.8. The molecule has 0 atom stereocenters. The third-order valence-corrected chi connectivity index (χ3v) is 2.62. The number of aromatic carboxylic acids is 1. The highest BCUT2D eigenvalue weighted by atomic mass is 35.5. The maximum absolute atomic E-state index is 11.0. The monoisotopic (exact) mass is 235 g/mol. The van der Waals surface area contributed by atoms with Crippen molar-refractivity contribution in [2.45, 2.75) is 6.92 Å². The minimum atomic E-state index is -0.945. The molecule has 0 saturated heterocycles. The second-order valence-corrected chi connectivity index (χ2v) is 3.94. The van der Waals surface area contributed by atoms with E-state index in [2.05, 4.69) is 0 Å². The standard InChI is InChI=1S/C12H10ClNO2/c1-8-7-9(13)4-5-10(8)14-6-2-3-11(14)12(15)16/h2-7H,1H3,(H,15,16). The van der Waals surface area contributed by atoms with Crippen LogP contribution in [0, 0.1) is 6.92 Å². The number of carbonyl (C=O) groups is 1. The summed E-state index contributed by atoms with van der Waals surface area (Å²) in [4.78, 5) is 11.0. The Morgan fingerprint density at radius 1 is 1.38 bits per heavy atom. The molecular weight excluding hydrogens is 226 g/mol. The summed E-state index contributed by atoms with van der Waals surface area (Å²) in [6.45, 7) is 1.90. The van der Waals surface area contributed by atoms with Gasteiger partial charge in [0.05, 0.1) is 0 Å². The summed E-state index contributed by atoms with van der Waals surface area (Å²) < 4.78 is 1.63. The van der Waals surface area contributed by atoms with E-state index in [4.69, 9.17) is 16.7 Å². The summed E-state index contributed by atoms with van der Waals surface area (Å²) in [7, 11) is 0. The summed E-state index contributed by atoms with van der Waals surface area (Å²) in [5.41, 5.74) is 2.00. The van der Waals surface area contributed by atoms with Gasteiger partial charge in [0.1, 0.15) is 5.69 Å². The fourth-order valence-electron chi connectivity index (χ4n) is 1.65. The van der Waals surface area contributed by atoms with Crippen LogP contribution in [0.4, 0.5) is 0 Å². The van der Waals surface area contributed by atoms with Crippen LogP contribution >= 0.6 is 11.6 Å². The lowest BCUT2D eigenvalue weighted by Crippen LogP contribution is -2.06. The van der Waals surface area contributed by atoms with Crippen LogP contribution in [0.3, 0.4) is 0 Å². The van der Waals surface area contributed by atoms with Crippen LogP contribution < -0.4 is 0 Å². The number of benzene rings is 1. The number of halogens is 1. The highest BCUT2D eigenvalue weighted by Gasteiger charge is 2.11. The molecule has 0 radical (unpaired) electrons. The molecule has 0 fully saturated rings. The molecule has 16 heavy (non-hydrogen) atoms. The smallest absolute Gasteiger partial charge is 0.352 e. The van der Waals surface area contributed by atoms with Crippen LogP contribution in [0.5, 0.6) is 0 Å². The van der Waals surface area contributed by atoms with Gasteiger partial charge in [-0.05, 0) is 42.8 Å². The Kier molecular flexibility index (Phi) is 2.71. The Bertz CT molecular complexity index is 546. The van der Waals surface area contributed by atoms with Crippen molar-refractivity contribution in [2.24, 2.45) is 0 Å². The minimum absolute atomic E-state index is 0.241. The molecule has 0 saturated carbocycles. The molecule has 2 aromatic rings. The number of hydrogen-bond acceptors (Lipinski definition) is 1. The predicted octanol–water partition coefficient (Wildman–Crippen LogP) is 3.14. The SMILES string of the molecule is Cc1cc(Cl)ccc1-n1cccc1C(=O)O. The molecule has 2 rings (SSSR count). The third kappa shape index (κ3) is 1.82. The van der Waals surface area contributed by atoms with Crippen LogP contribution in [0.25, 0.3) is 5.69 Å². The van der Waals surface area contributed by atoms with E-state index in [1.807, 2.05) is 19.1 Å². The van der Waals surface area contributed by atoms with Gasteiger partial charge in [0.25, 0.3) is 0 Å². The average Bonchev–Trinajstić information content (AvgIpc) is 2.66. The first-order valence-electron chi connectivity index (χ1n) is 4.77. The van der Waals surface area contributed by atoms with Gasteiger partial charge < -0.3 is 9.67 Å². The number of nitrogens with zero attached hydrogens (tertiary/aromatic N) is 1. The summed E-state index contributed by atoms with van der Waals surface area (Å²) >= 11 is 5.86. The lowest BCUT2D eigenvalue weighted by Gasteiger charge is -2.09. The maximum atomic E-state index is 11.0. The molecule has 3 nitrogen and oxygen atoms in total. The topological polar surface area (TPSA) is 42.2 Å². The molecule has 0 spiro atoms. The number of carboxylic acid groups (broad SMARTS) is 1. The van der Waals surface area contributed by atoms with E-state index in [1.54, 1.807) is 29.0 Å². The molecule has 82 valence electrons. The minimum Gasteiger partial charge on any atom is -0.477 e. The van der Waals surface area contributed by atoms with Crippen molar-refractivity contribution in [1.29, 1.82) is 0 Å². The highest BCUT2D eigenvalue weighted by molar-refractivity contribution is 6.30. The van der Waals surface area contributed by atoms with Gasteiger partial charge in [-0.15, -0.1) is 0 Å².